The van der Waals surface area contributed by atoms with E-state index in [1.807, 2.05) is 12.1 Å². The second-order valence-corrected chi connectivity index (χ2v) is 9.59. The Bertz CT molecular complexity index is 771. The maximum absolute atomic E-state index is 13.1. The van der Waals surface area contributed by atoms with Crippen molar-refractivity contribution in [2.24, 2.45) is 22.7 Å². The van der Waals surface area contributed by atoms with Crippen molar-refractivity contribution in [3.8, 4) is 5.75 Å². The van der Waals surface area contributed by atoms with E-state index in [9.17, 15) is 15.0 Å². The highest BCUT2D eigenvalue weighted by Crippen LogP contribution is 2.73. The average molecular weight is 340 g/mol. The number of aliphatic hydroxyl groups excluding tert-OH is 1. The number of carbonyl (C=O) groups is 1. The fourth-order valence-electron chi connectivity index (χ4n) is 7.64. The summed E-state index contributed by atoms with van der Waals surface area (Å²) in [6.45, 7) is 4.52. The number of ketones is 1. The molecule has 4 aliphatic rings. The summed E-state index contributed by atoms with van der Waals surface area (Å²) in [7, 11) is 0. The molecule has 3 nitrogen and oxygen atoms in total. The van der Waals surface area contributed by atoms with Crippen LogP contribution >= 0.6 is 0 Å². The van der Waals surface area contributed by atoms with E-state index in [1.54, 1.807) is 6.07 Å². The van der Waals surface area contributed by atoms with Crippen LogP contribution in [0.5, 0.6) is 5.75 Å². The lowest BCUT2D eigenvalue weighted by Gasteiger charge is -2.59. The van der Waals surface area contributed by atoms with Gasteiger partial charge in [-0.05, 0) is 79.0 Å². The molecule has 0 aromatic heterocycles. The van der Waals surface area contributed by atoms with Gasteiger partial charge in [-0.2, -0.15) is 0 Å². The van der Waals surface area contributed by atoms with E-state index >= 15 is 0 Å². The van der Waals surface area contributed by atoms with Gasteiger partial charge < -0.3 is 10.2 Å². The number of aryl methyl sites for hydroxylation is 1. The molecule has 1 spiro atoms. The largest absolute Gasteiger partial charge is 0.508 e. The van der Waals surface area contributed by atoms with Crippen LogP contribution < -0.4 is 0 Å². The zero-order chi connectivity index (χ0) is 17.6. The summed E-state index contributed by atoms with van der Waals surface area (Å²) >= 11 is 0. The van der Waals surface area contributed by atoms with E-state index in [4.69, 9.17) is 0 Å². The fraction of sp³-hybridized carbons (Fsp3) is 0.682. The number of Topliss-reactive ketones (excluding diaryl/α,β-unsaturated/α-hetero) is 1. The molecule has 4 aliphatic carbocycles. The van der Waals surface area contributed by atoms with Crippen LogP contribution in [0.15, 0.2) is 18.2 Å². The van der Waals surface area contributed by atoms with E-state index in [1.165, 1.54) is 11.1 Å². The summed E-state index contributed by atoms with van der Waals surface area (Å²) in [6, 6.07) is 5.64. The topological polar surface area (TPSA) is 57.5 Å². The third kappa shape index (κ3) is 1.64. The number of fused-ring (bicyclic) bond motifs is 4. The molecule has 3 heteroatoms. The van der Waals surface area contributed by atoms with Crippen molar-refractivity contribution in [3.05, 3.63) is 29.3 Å². The number of aromatic hydroxyl groups is 1. The van der Waals surface area contributed by atoms with Gasteiger partial charge in [0.1, 0.15) is 11.5 Å². The van der Waals surface area contributed by atoms with Crippen LogP contribution in [-0.2, 0) is 16.6 Å². The third-order valence-electron chi connectivity index (χ3n) is 8.98. The van der Waals surface area contributed by atoms with E-state index < -0.39 is 6.10 Å². The smallest absolute Gasteiger partial charge is 0.139 e. The summed E-state index contributed by atoms with van der Waals surface area (Å²) in [5, 5.41) is 21.3. The van der Waals surface area contributed by atoms with Crippen LogP contribution in [0.2, 0.25) is 0 Å². The first-order chi connectivity index (χ1) is 11.8. The molecule has 3 saturated carbocycles. The summed E-state index contributed by atoms with van der Waals surface area (Å²) in [5.41, 5.74) is 1.87. The van der Waals surface area contributed by atoms with Crippen molar-refractivity contribution in [3.63, 3.8) is 0 Å². The molecule has 1 aromatic carbocycles. The predicted octanol–water partition coefficient (Wildman–Crippen LogP) is 3.74. The van der Waals surface area contributed by atoms with Gasteiger partial charge in [0.15, 0.2) is 0 Å². The molecule has 25 heavy (non-hydrogen) atoms. The minimum atomic E-state index is -0.489. The number of aliphatic hydroxyl groups is 1. The molecule has 0 heterocycles. The van der Waals surface area contributed by atoms with E-state index in [-0.39, 0.29) is 16.2 Å². The van der Waals surface area contributed by atoms with Crippen molar-refractivity contribution < 1.29 is 15.0 Å². The first kappa shape index (κ1) is 15.9. The van der Waals surface area contributed by atoms with Crippen molar-refractivity contribution in [1.82, 2.24) is 0 Å². The van der Waals surface area contributed by atoms with Gasteiger partial charge in [-0.1, -0.05) is 19.9 Å². The lowest BCUT2D eigenvalue weighted by atomic mass is 9.45. The van der Waals surface area contributed by atoms with Gasteiger partial charge in [-0.25, -0.2) is 0 Å². The maximum atomic E-state index is 13.1. The highest BCUT2D eigenvalue weighted by molar-refractivity contribution is 5.89. The molecule has 134 valence electrons. The van der Waals surface area contributed by atoms with Crippen molar-refractivity contribution in [2.75, 3.05) is 0 Å². The summed E-state index contributed by atoms with van der Waals surface area (Å²) in [5.74, 6) is 1.50. The molecule has 1 aromatic rings. The number of phenolic OH excluding ortho intramolecular Hbond substituents is 1. The van der Waals surface area contributed by atoms with Crippen LogP contribution in [0.3, 0.4) is 0 Å². The molecule has 3 fully saturated rings. The van der Waals surface area contributed by atoms with Gasteiger partial charge in [0, 0.05) is 17.3 Å². The second-order valence-electron chi connectivity index (χ2n) is 9.59. The number of rotatable bonds is 0. The van der Waals surface area contributed by atoms with Crippen LogP contribution in [0, 0.1) is 22.7 Å². The minimum absolute atomic E-state index is 0.0896. The van der Waals surface area contributed by atoms with E-state index in [0.29, 0.717) is 36.2 Å². The Balaban J connectivity index is 1.67. The first-order valence-corrected chi connectivity index (χ1v) is 9.87. The zero-order valence-corrected chi connectivity index (χ0v) is 15.2. The monoisotopic (exact) mass is 340 g/mol. The number of benzene rings is 1. The Morgan fingerprint density at radius 1 is 1.08 bits per heavy atom. The third-order valence-corrected chi connectivity index (χ3v) is 8.98. The van der Waals surface area contributed by atoms with Crippen LogP contribution in [0.25, 0.3) is 0 Å². The van der Waals surface area contributed by atoms with E-state index in [2.05, 4.69) is 13.8 Å². The Labute approximate surface area is 149 Å². The molecule has 0 radical (unpaired) electrons. The molecule has 0 bridgehead atoms. The number of carbonyl (C=O) groups excluding carboxylic acids is 1. The maximum Gasteiger partial charge on any atom is 0.139 e. The molecule has 2 N–H and O–H groups in total. The molecular weight excluding hydrogens is 312 g/mol. The van der Waals surface area contributed by atoms with Crippen LogP contribution in [-0.4, -0.2) is 22.1 Å². The molecule has 5 rings (SSSR count). The van der Waals surface area contributed by atoms with Crippen molar-refractivity contribution in [2.45, 2.75) is 70.3 Å². The van der Waals surface area contributed by atoms with Gasteiger partial charge >= 0.3 is 0 Å². The molecule has 0 aliphatic heterocycles. The number of phenols is 1. The lowest BCUT2D eigenvalue weighted by molar-refractivity contribution is -0.152. The van der Waals surface area contributed by atoms with Gasteiger partial charge in [-0.15, -0.1) is 0 Å². The van der Waals surface area contributed by atoms with Crippen molar-refractivity contribution >= 4 is 5.78 Å². The predicted molar refractivity (Wildman–Crippen MR) is 95.4 cm³/mol. The fourth-order valence-corrected chi connectivity index (χ4v) is 7.64. The number of hydrogen-bond donors (Lipinski definition) is 2. The van der Waals surface area contributed by atoms with Crippen LogP contribution in [0.4, 0.5) is 0 Å². The quantitative estimate of drug-likeness (QED) is 0.756. The Kier molecular flexibility index (Phi) is 2.97. The first-order valence-electron chi connectivity index (χ1n) is 9.87. The number of hydrogen-bond acceptors (Lipinski definition) is 3. The molecule has 0 saturated heterocycles. The molecule has 0 amide bonds. The molecule has 3 unspecified atom stereocenters. The van der Waals surface area contributed by atoms with Crippen molar-refractivity contribution in [1.29, 1.82) is 0 Å². The highest BCUT2D eigenvalue weighted by atomic mass is 16.3. The van der Waals surface area contributed by atoms with E-state index in [0.717, 1.165) is 32.1 Å². The summed E-state index contributed by atoms with van der Waals surface area (Å²) in [6.07, 6.45) is 6.05. The van der Waals surface area contributed by atoms with Crippen LogP contribution in [0.1, 0.15) is 63.5 Å². The van der Waals surface area contributed by atoms with Gasteiger partial charge in [0.05, 0.1) is 6.10 Å². The Hall–Kier alpha value is -1.35. The molecular formula is C22H28O3. The lowest BCUT2D eigenvalue weighted by Crippen LogP contribution is -2.61. The van der Waals surface area contributed by atoms with Gasteiger partial charge in [-0.3, -0.25) is 4.79 Å². The highest BCUT2D eigenvalue weighted by Gasteiger charge is 2.71. The Morgan fingerprint density at radius 3 is 2.68 bits per heavy atom. The minimum Gasteiger partial charge on any atom is -0.508 e. The van der Waals surface area contributed by atoms with Gasteiger partial charge in [0.25, 0.3) is 0 Å². The Morgan fingerprint density at radius 2 is 1.88 bits per heavy atom. The average Bonchev–Trinajstić information content (AvgIpc) is 2.99. The zero-order valence-electron chi connectivity index (χ0n) is 15.2. The SMILES string of the molecule is CC12c3ccc(O)cc3CCC1C1CC[C@@]3(C)CCC(=O)[C@@]13C[C@H]2O. The summed E-state index contributed by atoms with van der Waals surface area (Å²) in [4.78, 5) is 13.1. The second kappa shape index (κ2) is 4.68. The normalized spacial score (nSPS) is 47.8. The summed E-state index contributed by atoms with van der Waals surface area (Å²) < 4.78 is 0. The standard InChI is InChI=1S/C22H28O3/c1-20-9-7-17-16-5-3-13-11-14(23)4-6-15(13)21(16,2)19(25)12-22(17,20)18(24)8-10-20/h4,6,11,16-17,19,23,25H,3,5,7-10,12H2,1-2H3/t16?,17?,19-,20+,21?,22-/m1/s1. The molecule has 6 atom stereocenters. The van der Waals surface area contributed by atoms with Gasteiger partial charge in [0.2, 0.25) is 0 Å².